The zero-order chi connectivity index (χ0) is 26.3. The fourth-order valence-corrected chi connectivity index (χ4v) is 4.31. The molecule has 0 radical (unpaired) electrons. The third-order valence-electron chi connectivity index (χ3n) is 6.58. The number of carbonyl (C=O) groups is 1. The maximum atomic E-state index is 12.7. The molecular formula is C33H39NO3. The third-order valence-corrected chi connectivity index (χ3v) is 6.58. The van der Waals surface area contributed by atoms with Gasteiger partial charge in [-0.25, -0.2) is 4.79 Å². The van der Waals surface area contributed by atoms with Crippen molar-refractivity contribution in [2.75, 3.05) is 6.61 Å². The molecule has 0 saturated carbocycles. The molecule has 0 aliphatic rings. The average molecular weight is 498 g/mol. The molecule has 0 aliphatic carbocycles. The number of hydrogen-bond donors (Lipinski definition) is 0. The van der Waals surface area contributed by atoms with E-state index in [0.717, 1.165) is 28.9 Å². The second-order valence-corrected chi connectivity index (χ2v) is 9.61. The molecule has 0 N–H and O–H groups in total. The normalized spacial score (nSPS) is 10.6. The van der Waals surface area contributed by atoms with E-state index in [2.05, 4.69) is 13.0 Å². The van der Waals surface area contributed by atoms with Crippen molar-refractivity contribution in [1.29, 1.82) is 5.26 Å². The van der Waals surface area contributed by atoms with Gasteiger partial charge >= 0.3 is 5.97 Å². The number of aryl methyl sites for hydroxylation is 1. The van der Waals surface area contributed by atoms with E-state index in [4.69, 9.17) is 14.7 Å². The standard InChI is InChI=1S/C33H39NO3/c1-3-4-5-6-7-8-9-10-11-12-23-36-31-20-17-29(18-21-31)33(35)37-32-22-19-30(24-26(32)2)28-15-13-27(25-34)14-16-28/h13-22,24H,3-12,23H2,1-2H3. The van der Waals surface area contributed by atoms with Crippen LogP contribution in [0.5, 0.6) is 11.5 Å². The summed E-state index contributed by atoms with van der Waals surface area (Å²) >= 11 is 0. The van der Waals surface area contributed by atoms with Crippen molar-refractivity contribution in [2.24, 2.45) is 0 Å². The molecule has 0 atom stereocenters. The number of carbonyl (C=O) groups excluding carboxylic acids is 1. The molecule has 0 aromatic heterocycles. The molecule has 0 saturated heterocycles. The van der Waals surface area contributed by atoms with E-state index in [1.165, 1.54) is 57.8 Å². The quantitative estimate of drug-likeness (QED) is 0.119. The molecule has 0 fully saturated rings. The predicted molar refractivity (Wildman–Crippen MR) is 150 cm³/mol. The summed E-state index contributed by atoms with van der Waals surface area (Å²) in [5.41, 5.74) is 3.99. The highest BCUT2D eigenvalue weighted by molar-refractivity contribution is 5.91. The maximum absolute atomic E-state index is 12.7. The lowest BCUT2D eigenvalue weighted by molar-refractivity contribution is 0.0733. The zero-order valence-electron chi connectivity index (χ0n) is 22.3. The Balaban J connectivity index is 1.39. The van der Waals surface area contributed by atoms with Gasteiger partial charge in [0.15, 0.2) is 0 Å². The molecule has 0 aliphatic heterocycles. The number of esters is 1. The van der Waals surface area contributed by atoms with E-state index in [9.17, 15) is 4.79 Å². The lowest BCUT2D eigenvalue weighted by atomic mass is 10.0. The predicted octanol–water partition coefficient (Wildman–Crippen LogP) is 9.05. The minimum absolute atomic E-state index is 0.393. The van der Waals surface area contributed by atoms with Crippen molar-refractivity contribution in [3.8, 4) is 28.7 Å². The second-order valence-electron chi connectivity index (χ2n) is 9.61. The fraction of sp³-hybridized carbons (Fsp3) is 0.394. The van der Waals surface area contributed by atoms with Crippen LogP contribution in [0.15, 0.2) is 66.7 Å². The summed E-state index contributed by atoms with van der Waals surface area (Å²) in [6, 6.07) is 22.4. The molecule has 37 heavy (non-hydrogen) atoms. The Kier molecular flexibility index (Phi) is 11.7. The van der Waals surface area contributed by atoms with Crippen LogP contribution in [-0.4, -0.2) is 12.6 Å². The smallest absolute Gasteiger partial charge is 0.343 e. The molecule has 0 spiro atoms. The largest absolute Gasteiger partial charge is 0.494 e. The van der Waals surface area contributed by atoms with Gasteiger partial charge < -0.3 is 9.47 Å². The number of ether oxygens (including phenoxy) is 2. The van der Waals surface area contributed by atoms with Crippen LogP contribution in [0.25, 0.3) is 11.1 Å². The molecule has 0 heterocycles. The average Bonchev–Trinajstić information content (AvgIpc) is 2.93. The van der Waals surface area contributed by atoms with Crippen LogP contribution in [0.2, 0.25) is 0 Å². The molecule has 3 aromatic carbocycles. The van der Waals surface area contributed by atoms with Gasteiger partial charge in [-0.05, 0) is 78.6 Å². The van der Waals surface area contributed by atoms with E-state index in [-0.39, 0.29) is 0 Å². The lowest BCUT2D eigenvalue weighted by Gasteiger charge is -2.10. The summed E-state index contributed by atoms with van der Waals surface area (Å²) in [6.07, 6.45) is 13.0. The first-order valence-corrected chi connectivity index (χ1v) is 13.7. The third kappa shape index (κ3) is 9.42. The van der Waals surface area contributed by atoms with Crippen molar-refractivity contribution in [3.63, 3.8) is 0 Å². The van der Waals surface area contributed by atoms with Gasteiger partial charge in [-0.2, -0.15) is 5.26 Å². The lowest BCUT2D eigenvalue weighted by Crippen LogP contribution is -2.09. The first kappa shape index (κ1) is 28.0. The van der Waals surface area contributed by atoms with Gasteiger partial charge in [-0.3, -0.25) is 0 Å². The molecule has 4 nitrogen and oxygen atoms in total. The topological polar surface area (TPSA) is 59.3 Å². The van der Waals surface area contributed by atoms with Crippen molar-refractivity contribution in [2.45, 2.75) is 78.1 Å². The van der Waals surface area contributed by atoms with Crippen LogP contribution in [0.3, 0.4) is 0 Å². The van der Waals surface area contributed by atoms with Crippen LogP contribution in [0.4, 0.5) is 0 Å². The Morgan fingerprint density at radius 1 is 0.757 bits per heavy atom. The first-order valence-electron chi connectivity index (χ1n) is 13.7. The number of hydrogen-bond acceptors (Lipinski definition) is 4. The van der Waals surface area contributed by atoms with E-state index >= 15 is 0 Å². The Bertz CT molecular complexity index is 1140. The van der Waals surface area contributed by atoms with Crippen LogP contribution in [0.1, 0.15) is 92.6 Å². The SMILES string of the molecule is CCCCCCCCCCCCOc1ccc(C(=O)Oc2ccc(-c3ccc(C#N)cc3)cc2C)cc1. The van der Waals surface area contributed by atoms with Gasteiger partial charge in [0.05, 0.1) is 23.8 Å². The minimum Gasteiger partial charge on any atom is -0.494 e. The molecule has 0 amide bonds. The molecule has 0 unspecified atom stereocenters. The number of unbranched alkanes of at least 4 members (excludes halogenated alkanes) is 9. The highest BCUT2D eigenvalue weighted by Crippen LogP contribution is 2.27. The monoisotopic (exact) mass is 497 g/mol. The van der Waals surface area contributed by atoms with E-state index in [0.29, 0.717) is 23.5 Å². The Morgan fingerprint density at radius 2 is 1.35 bits per heavy atom. The summed E-state index contributed by atoms with van der Waals surface area (Å²) in [5.74, 6) is 0.912. The zero-order valence-corrected chi connectivity index (χ0v) is 22.3. The highest BCUT2D eigenvalue weighted by Gasteiger charge is 2.11. The van der Waals surface area contributed by atoms with E-state index in [1.807, 2.05) is 49.4 Å². The van der Waals surface area contributed by atoms with Gasteiger partial charge in [0.1, 0.15) is 11.5 Å². The van der Waals surface area contributed by atoms with Crippen LogP contribution in [0, 0.1) is 18.3 Å². The molecule has 0 bridgehead atoms. The molecule has 194 valence electrons. The first-order chi connectivity index (χ1) is 18.1. The Labute approximate surface area is 222 Å². The van der Waals surface area contributed by atoms with Crippen LogP contribution >= 0.6 is 0 Å². The minimum atomic E-state index is -0.393. The van der Waals surface area contributed by atoms with E-state index in [1.54, 1.807) is 24.3 Å². The number of benzene rings is 3. The van der Waals surface area contributed by atoms with Crippen molar-refractivity contribution in [1.82, 2.24) is 0 Å². The van der Waals surface area contributed by atoms with Gasteiger partial charge in [-0.15, -0.1) is 0 Å². The van der Waals surface area contributed by atoms with E-state index < -0.39 is 5.97 Å². The van der Waals surface area contributed by atoms with Gasteiger partial charge in [0.25, 0.3) is 0 Å². The molecular weight excluding hydrogens is 458 g/mol. The van der Waals surface area contributed by atoms with Crippen LogP contribution in [-0.2, 0) is 0 Å². The summed E-state index contributed by atoms with van der Waals surface area (Å²) in [7, 11) is 0. The summed E-state index contributed by atoms with van der Waals surface area (Å²) in [6.45, 7) is 4.87. The van der Waals surface area contributed by atoms with Gasteiger partial charge in [0.2, 0.25) is 0 Å². The number of nitrogens with zero attached hydrogens (tertiary/aromatic N) is 1. The highest BCUT2D eigenvalue weighted by atomic mass is 16.5. The summed E-state index contributed by atoms with van der Waals surface area (Å²) in [5, 5.41) is 8.97. The van der Waals surface area contributed by atoms with Crippen molar-refractivity contribution >= 4 is 5.97 Å². The maximum Gasteiger partial charge on any atom is 0.343 e. The number of nitriles is 1. The fourth-order valence-electron chi connectivity index (χ4n) is 4.31. The molecule has 3 rings (SSSR count). The van der Waals surface area contributed by atoms with Crippen molar-refractivity contribution in [3.05, 3.63) is 83.4 Å². The Morgan fingerprint density at radius 3 is 1.95 bits per heavy atom. The molecule has 4 heteroatoms. The van der Waals surface area contributed by atoms with Crippen molar-refractivity contribution < 1.29 is 14.3 Å². The summed E-state index contributed by atoms with van der Waals surface area (Å²) < 4.78 is 11.5. The Hall–Kier alpha value is -3.58. The van der Waals surface area contributed by atoms with Gasteiger partial charge in [-0.1, -0.05) is 82.9 Å². The number of rotatable bonds is 15. The van der Waals surface area contributed by atoms with Gasteiger partial charge in [0, 0.05) is 0 Å². The second kappa shape index (κ2) is 15.5. The molecule has 3 aromatic rings. The summed E-state index contributed by atoms with van der Waals surface area (Å²) in [4.78, 5) is 12.7. The van der Waals surface area contributed by atoms with Crippen LogP contribution < -0.4 is 9.47 Å².